The molecular formula is C7H9NO5S2. The van der Waals surface area contributed by atoms with Crippen molar-refractivity contribution in [2.24, 2.45) is 5.14 Å². The second kappa shape index (κ2) is 4.17. The first kappa shape index (κ1) is 12.0. The van der Waals surface area contributed by atoms with Crippen LogP contribution in [0.2, 0.25) is 0 Å². The summed E-state index contributed by atoms with van der Waals surface area (Å²) in [5, 5.41) is 4.94. The third-order valence-electron chi connectivity index (χ3n) is 1.53. The van der Waals surface area contributed by atoms with E-state index in [1.54, 1.807) is 0 Å². The van der Waals surface area contributed by atoms with Gasteiger partial charge in [0, 0.05) is 6.07 Å². The summed E-state index contributed by atoms with van der Waals surface area (Å²) in [4.78, 5) is 11.2. The van der Waals surface area contributed by atoms with Gasteiger partial charge in [-0.1, -0.05) is 0 Å². The van der Waals surface area contributed by atoms with Crippen LogP contribution in [0.3, 0.4) is 0 Å². The molecule has 84 valence electrons. The standard InChI is InChI=1S/C7H9NO5S2/c1-12-4-3-5(6(9)13-2)14-7(4)15(8,10)11/h3H,1-2H3,(H2,8,10,11). The van der Waals surface area contributed by atoms with Crippen LogP contribution in [0.25, 0.3) is 0 Å². The van der Waals surface area contributed by atoms with Crippen LogP contribution in [0.15, 0.2) is 10.3 Å². The highest BCUT2D eigenvalue weighted by atomic mass is 32.2. The Morgan fingerprint density at radius 3 is 2.40 bits per heavy atom. The Morgan fingerprint density at radius 2 is 2.07 bits per heavy atom. The maximum atomic E-state index is 11.1. The zero-order chi connectivity index (χ0) is 11.6. The number of primary sulfonamides is 1. The molecule has 0 aliphatic rings. The summed E-state index contributed by atoms with van der Waals surface area (Å²) in [5.41, 5.74) is 0. The molecular weight excluding hydrogens is 242 g/mol. The van der Waals surface area contributed by atoms with Crippen LogP contribution < -0.4 is 9.88 Å². The van der Waals surface area contributed by atoms with Gasteiger partial charge in [0.25, 0.3) is 10.0 Å². The number of carbonyl (C=O) groups is 1. The van der Waals surface area contributed by atoms with Gasteiger partial charge in [0.05, 0.1) is 14.2 Å². The average Bonchev–Trinajstić information content (AvgIpc) is 2.59. The molecule has 0 spiro atoms. The minimum absolute atomic E-state index is 0.0444. The molecule has 15 heavy (non-hydrogen) atoms. The molecule has 0 saturated carbocycles. The second-order valence-corrected chi connectivity index (χ2v) is 5.31. The molecule has 1 aromatic rings. The van der Waals surface area contributed by atoms with Gasteiger partial charge in [-0.2, -0.15) is 0 Å². The Hall–Kier alpha value is -1.12. The van der Waals surface area contributed by atoms with Gasteiger partial charge in [0.1, 0.15) is 4.88 Å². The van der Waals surface area contributed by atoms with Crippen LogP contribution in [0.1, 0.15) is 9.67 Å². The summed E-state index contributed by atoms with van der Waals surface area (Å²) >= 11 is 0.711. The van der Waals surface area contributed by atoms with Crippen molar-refractivity contribution in [3.8, 4) is 5.75 Å². The van der Waals surface area contributed by atoms with E-state index < -0.39 is 16.0 Å². The van der Waals surface area contributed by atoms with Gasteiger partial charge in [0.2, 0.25) is 0 Å². The van der Waals surface area contributed by atoms with Gasteiger partial charge < -0.3 is 9.47 Å². The molecule has 0 aliphatic carbocycles. The zero-order valence-corrected chi connectivity index (χ0v) is 9.65. The van der Waals surface area contributed by atoms with Gasteiger partial charge in [-0.3, -0.25) is 0 Å². The lowest BCUT2D eigenvalue weighted by molar-refractivity contribution is 0.0606. The molecule has 0 aliphatic heterocycles. The Kier molecular flexibility index (Phi) is 3.32. The molecule has 0 fully saturated rings. The topological polar surface area (TPSA) is 95.7 Å². The molecule has 1 aromatic heterocycles. The van der Waals surface area contributed by atoms with E-state index in [2.05, 4.69) is 4.74 Å². The van der Waals surface area contributed by atoms with Crippen LogP contribution >= 0.6 is 11.3 Å². The Labute approximate surface area is 90.7 Å². The van der Waals surface area contributed by atoms with Gasteiger partial charge in [-0.05, 0) is 0 Å². The van der Waals surface area contributed by atoms with Gasteiger partial charge in [-0.25, -0.2) is 18.4 Å². The number of ether oxygens (including phenoxy) is 2. The molecule has 0 aromatic carbocycles. The van der Waals surface area contributed by atoms with E-state index in [-0.39, 0.29) is 14.8 Å². The number of esters is 1. The van der Waals surface area contributed by atoms with Crippen molar-refractivity contribution >= 4 is 27.3 Å². The highest BCUT2D eigenvalue weighted by molar-refractivity contribution is 7.91. The summed E-state index contributed by atoms with van der Waals surface area (Å²) in [6.45, 7) is 0. The number of carbonyl (C=O) groups excluding carboxylic acids is 1. The van der Waals surface area contributed by atoms with E-state index in [4.69, 9.17) is 9.88 Å². The fourth-order valence-corrected chi connectivity index (χ4v) is 2.83. The van der Waals surface area contributed by atoms with Crippen molar-refractivity contribution in [2.45, 2.75) is 4.21 Å². The number of methoxy groups -OCH3 is 2. The van der Waals surface area contributed by atoms with Crippen molar-refractivity contribution in [2.75, 3.05) is 14.2 Å². The van der Waals surface area contributed by atoms with Crippen molar-refractivity contribution in [1.82, 2.24) is 0 Å². The number of nitrogens with two attached hydrogens (primary N) is 1. The SMILES string of the molecule is COC(=O)c1cc(OC)c(S(N)(=O)=O)s1. The molecule has 1 heterocycles. The van der Waals surface area contributed by atoms with E-state index in [1.165, 1.54) is 20.3 Å². The third kappa shape index (κ3) is 2.46. The van der Waals surface area contributed by atoms with E-state index in [0.29, 0.717) is 11.3 Å². The first-order chi connectivity index (χ1) is 6.90. The maximum absolute atomic E-state index is 11.1. The fourth-order valence-electron chi connectivity index (χ4n) is 0.899. The van der Waals surface area contributed by atoms with E-state index in [9.17, 15) is 13.2 Å². The highest BCUT2D eigenvalue weighted by Gasteiger charge is 2.22. The third-order valence-corrected chi connectivity index (χ3v) is 4.09. The van der Waals surface area contributed by atoms with Crippen molar-refractivity contribution in [3.05, 3.63) is 10.9 Å². The Morgan fingerprint density at radius 1 is 1.47 bits per heavy atom. The quantitative estimate of drug-likeness (QED) is 0.774. The van der Waals surface area contributed by atoms with E-state index >= 15 is 0 Å². The first-order valence-electron chi connectivity index (χ1n) is 3.69. The number of hydrogen-bond acceptors (Lipinski definition) is 6. The lowest BCUT2D eigenvalue weighted by atomic mass is 10.4. The fraction of sp³-hybridized carbons (Fsp3) is 0.286. The normalized spacial score (nSPS) is 11.1. The molecule has 6 nitrogen and oxygen atoms in total. The minimum Gasteiger partial charge on any atom is -0.494 e. The van der Waals surface area contributed by atoms with Crippen LogP contribution in [-0.2, 0) is 14.8 Å². The summed E-state index contributed by atoms with van der Waals surface area (Å²) in [6.07, 6.45) is 0. The van der Waals surface area contributed by atoms with Crippen molar-refractivity contribution in [1.29, 1.82) is 0 Å². The number of hydrogen-bond donors (Lipinski definition) is 1. The molecule has 0 unspecified atom stereocenters. The number of sulfonamides is 1. The van der Waals surface area contributed by atoms with Crippen molar-refractivity contribution in [3.63, 3.8) is 0 Å². The number of thiophene rings is 1. The second-order valence-electron chi connectivity index (χ2n) is 2.50. The summed E-state index contributed by atoms with van der Waals surface area (Å²) in [6, 6.07) is 1.27. The monoisotopic (exact) mass is 251 g/mol. The van der Waals surface area contributed by atoms with Crippen molar-refractivity contribution < 1.29 is 22.7 Å². The summed E-state index contributed by atoms with van der Waals surface area (Å²) in [7, 11) is -1.39. The summed E-state index contributed by atoms with van der Waals surface area (Å²) < 4.78 is 31.2. The van der Waals surface area contributed by atoms with Crippen LogP contribution in [0.5, 0.6) is 5.75 Å². The van der Waals surface area contributed by atoms with Crippen LogP contribution in [0.4, 0.5) is 0 Å². The maximum Gasteiger partial charge on any atom is 0.348 e. The molecule has 1 rings (SSSR count). The summed E-state index contributed by atoms with van der Waals surface area (Å²) in [5.74, 6) is -0.587. The molecule has 2 N–H and O–H groups in total. The first-order valence-corrected chi connectivity index (χ1v) is 6.05. The van der Waals surface area contributed by atoms with E-state index in [0.717, 1.165) is 0 Å². The van der Waals surface area contributed by atoms with Gasteiger partial charge >= 0.3 is 5.97 Å². The van der Waals surface area contributed by atoms with Crippen LogP contribution in [0, 0.1) is 0 Å². The van der Waals surface area contributed by atoms with Gasteiger partial charge in [0.15, 0.2) is 9.96 Å². The highest BCUT2D eigenvalue weighted by Crippen LogP contribution is 2.32. The average molecular weight is 251 g/mol. The van der Waals surface area contributed by atoms with Gasteiger partial charge in [-0.15, -0.1) is 11.3 Å². The lowest BCUT2D eigenvalue weighted by Crippen LogP contribution is -2.11. The smallest absolute Gasteiger partial charge is 0.348 e. The van der Waals surface area contributed by atoms with E-state index in [1.807, 2.05) is 0 Å². The predicted octanol–water partition coefficient (Wildman–Crippen LogP) is 0.191. The zero-order valence-electron chi connectivity index (χ0n) is 8.01. The molecule has 0 radical (unpaired) electrons. The molecule has 0 saturated heterocycles. The molecule has 0 amide bonds. The minimum atomic E-state index is -3.88. The van der Waals surface area contributed by atoms with Crippen LogP contribution in [-0.4, -0.2) is 28.6 Å². The molecule has 0 atom stereocenters. The molecule has 0 bridgehead atoms. The molecule has 8 heteroatoms. The number of rotatable bonds is 3. The Balaban J connectivity index is 3.30. The lowest BCUT2D eigenvalue weighted by Gasteiger charge is -1.97. The Bertz CT molecular complexity index is 476. The largest absolute Gasteiger partial charge is 0.494 e. The predicted molar refractivity (Wildman–Crippen MR) is 53.6 cm³/mol.